The van der Waals surface area contributed by atoms with Crippen molar-refractivity contribution in [2.45, 2.75) is 22.8 Å². The summed E-state index contributed by atoms with van der Waals surface area (Å²) >= 11 is 2.03. The summed E-state index contributed by atoms with van der Waals surface area (Å²) in [5.41, 5.74) is 2.07. The standard InChI is InChI=1S/C22H19N3O4S3/c1-15-8-5-6-11-17(15)23-19(26)14-18-21(27)25(16-9-3-2-4-10-16)22(31-18)24-32(28,29)20-12-7-13-30-20/h2-13,18H,14H2,1H3,(H,23,26). The molecule has 0 spiro atoms. The fourth-order valence-electron chi connectivity index (χ4n) is 3.12. The van der Waals surface area contributed by atoms with Crippen LogP contribution in [0.2, 0.25) is 0 Å². The predicted octanol–water partition coefficient (Wildman–Crippen LogP) is 4.28. The molecule has 1 aliphatic heterocycles. The van der Waals surface area contributed by atoms with Gasteiger partial charge in [0, 0.05) is 12.1 Å². The number of nitrogens with one attached hydrogen (secondary N) is 1. The second kappa shape index (κ2) is 9.27. The van der Waals surface area contributed by atoms with E-state index in [1.807, 2.05) is 25.1 Å². The first-order valence-corrected chi connectivity index (χ1v) is 12.8. The zero-order valence-electron chi connectivity index (χ0n) is 17.0. The van der Waals surface area contributed by atoms with Crippen molar-refractivity contribution in [3.63, 3.8) is 0 Å². The number of aryl methyl sites for hydroxylation is 1. The van der Waals surface area contributed by atoms with Gasteiger partial charge in [-0.3, -0.25) is 14.5 Å². The van der Waals surface area contributed by atoms with Crippen LogP contribution < -0.4 is 10.2 Å². The van der Waals surface area contributed by atoms with Crippen molar-refractivity contribution < 1.29 is 18.0 Å². The number of amides is 2. The quantitative estimate of drug-likeness (QED) is 0.562. The monoisotopic (exact) mass is 485 g/mol. The maximum atomic E-state index is 13.2. The number of anilines is 2. The third-order valence-corrected chi connectivity index (χ3v) is 8.58. The molecule has 2 amide bonds. The van der Waals surface area contributed by atoms with Crippen molar-refractivity contribution in [3.8, 4) is 0 Å². The van der Waals surface area contributed by atoms with Gasteiger partial charge >= 0.3 is 0 Å². The molecular formula is C22H19N3O4S3. The first-order chi connectivity index (χ1) is 15.3. The molecule has 3 aromatic rings. The minimum absolute atomic E-state index is 0.0308. The van der Waals surface area contributed by atoms with E-state index in [-0.39, 0.29) is 27.6 Å². The Labute approximate surface area is 194 Å². The van der Waals surface area contributed by atoms with Gasteiger partial charge in [-0.25, -0.2) is 0 Å². The molecule has 32 heavy (non-hydrogen) atoms. The lowest BCUT2D eigenvalue weighted by Crippen LogP contribution is -2.33. The second-order valence-electron chi connectivity index (χ2n) is 6.96. The van der Waals surface area contributed by atoms with E-state index in [0.29, 0.717) is 11.4 Å². The Balaban J connectivity index is 1.62. The number of carbonyl (C=O) groups excluding carboxylic acids is 2. The highest BCUT2D eigenvalue weighted by Crippen LogP contribution is 2.35. The van der Waals surface area contributed by atoms with E-state index in [1.54, 1.807) is 47.8 Å². The summed E-state index contributed by atoms with van der Waals surface area (Å²) in [5.74, 6) is -0.721. The number of para-hydroxylation sites is 2. The van der Waals surface area contributed by atoms with Crippen molar-refractivity contribution in [1.82, 2.24) is 0 Å². The van der Waals surface area contributed by atoms with E-state index < -0.39 is 15.3 Å². The van der Waals surface area contributed by atoms with Gasteiger partial charge in [0.25, 0.3) is 10.0 Å². The molecule has 4 rings (SSSR count). The summed E-state index contributed by atoms with van der Waals surface area (Å²) in [6, 6.07) is 19.1. The molecule has 1 fully saturated rings. The summed E-state index contributed by atoms with van der Waals surface area (Å²) in [6.07, 6.45) is -0.112. The first-order valence-electron chi connectivity index (χ1n) is 9.65. The summed E-state index contributed by atoms with van der Waals surface area (Å²) in [5, 5.41) is 3.70. The van der Waals surface area contributed by atoms with Gasteiger partial charge in [-0.1, -0.05) is 54.2 Å². The number of carbonyl (C=O) groups is 2. The normalized spacial score (nSPS) is 17.7. The zero-order valence-corrected chi connectivity index (χ0v) is 19.4. The molecular weight excluding hydrogens is 466 g/mol. The lowest BCUT2D eigenvalue weighted by atomic mass is 10.2. The van der Waals surface area contributed by atoms with Crippen LogP contribution in [0, 0.1) is 6.92 Å². The smallest absolute Gasteiger partial charge is 0.294 e. The Morgan fingerprint density at radius 3 is 2.47 bits per heavy atom. The first kappa shape index (κ1) is 22.3. The second-order valence-corrected chi connectivity index (χ2v) is 10.9. The number of hydrogen-bond acceptors (Lipinski definition) is 6. The highest BCUT2D eigenvalue weighted by Gasteiger charge is 2.41. The van der Waals surface area contributed by atoms with Crippen LogP contribution in [0.15, 0.2) is 80.7 Å². The number of sulfonamides is 1. The maximum Gasteiger partial charge on any atom is 0.294 e. The van der Waals surface area contributed by atoms with Crippen LogP contribution in [0.25, 0.3) is 0 Å². The molecule has 1 aliphatic rings. The molecule has 1 atom stereocenters. The number of nitrogens with zero attached hydrogens (tertiary/aromatic N) is 2. The number of thiophene rings is 1. The van der Waals surface area contributed by atoms with Crippen LogP contribution in [-0.4, -0.2) is 30.6 Å². The average Bonchev–Trinajstić information content (AvgIpc) is 3.40. The molecule has 2 aromatic carbocycles. The molecule has 10 heteroatoms. The summed E-state index contributed by atoms with van der Waals surface area (Å²) in [6.45, 7) is 1.88. The number of benzene rings is 2. The van der Waals surface area contributed by atoms with E-state index in [4.69, 9.17) is 0 Å². The van der Waals surface area contributed by atoms with Crippen molar-refractivity contribution in [2.75, 3.05) is 10.2 Å². The third-order valence-electron chi connectivity index (χ3n) is 4.69. The average molecular weight is 486 g/mol. The number of amidine groups is 1. The molecule has 2 heterocycles. The fourth-order valence-corrected chi connectivity index (χ4v) is 6.42. The van der Waals surface area contributed by atoms with Crippen LogP contribution in [-0.2, 0) is 19.6 Å². The summed E-state index contributed by atoms with van der Waals surface area (Å²) < 4.78 is 29.5. The molecule has 0 bridgehead atoms. The maximum absolute atomic E-state index is 13.2. The van der Waals surface area contributed by atoms with Gasteiger partial charge < -0.3 is 5.32 Å². The van der Waals surface area contributed by atoms with Crippen LogP contribution in [0.4, 0.5) is 11.4 Å². The van der Waals surface area contributed by atoms with Gasteiger partial charge in [0.1, 0.15) is 9.46 Å². The minimum Gasteiger partial charge on any atom is -0.326 e. The van der Waals surface area contributed by atoms with Crippen LogP contribution >= 0.6 is 23.1 Å². The van der Waals surface area contributed by atoms with Crippen molar-refractivity contribution >= 4 is 61.5 Å². The number of thioether (sulfide) groups is 1. The molecule has 0 radical (unpaired) electrons. The van der Waals surface area contributed by atoms with Gasteiger partial charge in [-0.05, 0) is 42.1 Å². The Kier molecular flexibility index (Phi) is 6.45. The molecule has 1 N–H and O–H groups in total. The van der Waals surface area contributed by atoms with Crippen LogP contribution in [0.1, 0.15) is 12.0 Å². The Morgan fingerprint density at radius 2 is 1.78 bits per heavy atom. The topological polar surface area (TPSA) is 95.9 Å². The molecule has 164 valence electrons. The van der Waals surface area contributed by atoms with E-state index >= 15 is 0 Å². The fraction of sp³-hybridized carbons (Fsp3) is 0.136. The van der Waals surface area contributed by atoms with E-state index in [0.717, 1.165) is 28.7 Å². The highest BCUT2D eigenvalue weighted by molar-refractivity contribution is 8.16. The molecule has 0 aliphatic carbocycles. The van der Waals surface area contributed by atoms with E-state index in [9.17, 15) is 18.0 Å². The predicted molar refractivity (Wildman–Crippen MR) is 129 cm³/mol. The van der Waals surface area contributed by atoms with Crippen molar-refractivity contribution in [1.29, 1.82) is 0 Å². The molecule has 1 aromatic heterocycles. The lowest BCUT2D eigenvalue weighted by Gasteiger charge is -2.16. The van der Waals surface area contributed by atoms with Crippen LogP contribution in [0.5, 0.6) is 0 Å². The van der Waals surface area contributed by atoms with Gasteiger partial charge in [0.2, 0.25) is 11.8 Å². The third kappa shape index (κ3) is 4.77. The summed E-state index contributed by atoms with van der Waals surface area (Å²) in [4.78, 5) is 27.1. The Bertz CT molecular complexity index is 1270. The molecule has 1 unspecified atom stereocenters. The SMILES string of the molecule is Cc1ccccc1NC(=O)CC1SC(=NS(=O)(=O)c2cccs2)N(c2ccccc2)C1=O. The number of rotatable bonds is 6. The van der Waals surface area contributed by atoms with Crippen LogP contribution in [0.3, 0.4) is 0 Å². The van der Waals surface area contributed by atoms with Gasteiger partial charge in [-0.2, -0.15) is 8.42 Å². The molecule has 1 saturated heterocycles. The molecule has 7 nitrogen and oxygen atoms in total. The Morgan fingerprint density at radius 1 is 1.06 bits per heavy atom. The van der Waals surface area contributed by atoms with Gasteiger partial charge in [0.15, 0.2) is 5.17 Å². The van der Waals surface area contributed by atoms with Crippen molar-refractivity contribution in [3.05, 3.63) is 77.7 Å². The molecule has 0 saturated carbocycles. The lowest BCUT2D eigenvalue weighted by molar-refractivity contribution is -0.121. The number of hydrogen-bond donors (Lipinski definition) is 1. The van der Waals surface area contributed by atoms with Gasteiger partial charge in [-0.15, -0.1) is 15.7 Å². The van der Waals surface area contributed by atoms with Crippen molar-refractivity contribution in [2.24, 2.45) is 4.40 Å². The minimum atomic E-state index is -3.98. The largest absolute Gasteiger partial charge is 0.326 e. The van der Waals surface area contributed by atoms with Gasteiger partial charge in [0.05, 0.1) is 5.69 Å². The zero-order chi connectivity index (χ0) is 22.7. The highest BCUT2D eigenvalue weighted by atomic mass is 32.2. The summed E-state index contributed by atoms with van der Waals surface area (Å²) in [7, 11) is -3.98. The van der Waals surface area contributed by atoms with E-state index in [2.05, 4.69) is 9.71 Å². The van der Waals surface area contributed by atoms with E-state index in [1.165, 1.54) is 11.0 Å². The Hall–Kier alpha value is -2.95.